The largest absolute Gasteiger partial charge is 0.350 e. The number of carbonyl (C=O) groups is 1. The Morgan fingerprint density at radius 2 is 2.12 bits per heavy atom. The van der Waals surface area contributed by atoms with Crippen LogP contribution in [0.15, 0.2) is 52.3 Å². The van der Waals surface area contributed by atoms with Gasteiger partial charge < -0.3 is 14.9 Å². The number of amides is 1. The normalized spacial score (nSPS) is 10.7. The molecule has 8 heteroatoms. The van der Waals surface area contributed by atoms with Crippen molar-refractivity contribution in [2.24, 2.45) is 0 Å². The van der Waals surface area contributed by atoms with Gasteiger partial charge in [-0.1, -0.05) is 0 Å². The van der Waals surface area contributed by atoms with Gasteiger partial charge >= 0.3 is 11.1 Å². The van der Waals surface area contributed by atoms with Gasteiger partial charge in [0.2, 0.25) is 0 Å². The minimum atomic E-state index is -0.841. The number of aromatic nitrogens is 3. The Morgan fingerprint density at radius 1 is 1.29 bits per heavy atom. The molecule has 0 unspecified atom stereocenters. The van der Waals surface area contributed by atoms with Crippen LogP contribution in [-0.2, 0) is 6.54 Å². The fraction of sp³-hybridized carbons (Fsp3) is 0.125. The molecule has 0 aliphatic carbocycles. The van der Waals surface area contributed by atoms with Crippen molar-refractivity contribution in [1.29, 1.82) is 0 Å². The van der Waals surface area contributed by atoms with Gasteiger partial charge in [0.25, 0.3) is 5.91 Å². The molecule has 0 aliphatic rings. The smallest absolute Gasteiger partial charge is 0.316 e. The van der Waals surface area contributed by atoms with E-state index in [4.69, 9.17) is 0 Å². The van der Waals surface area contributed by atoms with Gasteiger partial charge in [0.1, 0.15) is 5.82 Å². The second kappa shape index (κ2) is 6.45. The third-order valence-electron chi connectivity index (χ3n) is 3.48. The molecule has 0 bridgehead atoms. The fourth-order valence-corrected chi connectivity index (χ4v) is 2.35. The van der Waals surface area contributed by atoms with Crippen LogP contribution in [-0.4, -0.2) is 27.0 Å². The predicted molar refractivity (Wildman–Crippen MR) is 85.4 cm³/mol. The molecule has 3 rings (SSSR count). The van der Waals surface area contributed by atoms with Gasteiger partial charge in [-0.2, -0.15) is 0 Å². The summed E-state index contributed by atoms with van der Waals surface area (Å²) in [6.45, 7) is 0.209. The summed E-state index contributed by atoms with van der Waals surface area (Å²) >= 11 is 0. The van der Waals surface area contributed by atoms with Crippen molar-refractivity contribution >= 4 is 16.9 Å². The molecule has 1 amide bonds. The van der Waals surface area contributed by atoms with E-state index in [0.29, 0.717) is 11.1 Å². The Labute approximate surface area is 134 Å². The van der Waals surface area contributed by atoms with E-state index in [0.717, 1.165) is 6.07 Å². The Kier molecular flexibility index (Phi) is 4.19. The van der Waals surface area contributed by atoms with Crippen LogP contribution in [0.3, 0.4) is 0 Å². The topological polar surface area (TPSA) is 96.9 Å². The number of aromatic amines is 1. The maximum Gasteiger partial charge on any atom is 0.316 e. The zero-order valence-corrected chi connectivity index (χ0v) is 12.5. The van der Waals surface area contributed by atoms with Crippen LogP contribution >= 0.6 is 0 Å². The summed E-state index contributed by atoms with van der Waals surface area (Å²) in [6, 6.07) is 6.99. The summed E-state index contributed by atoms with van der Waals surface area (Å²) in [4.78, 5) is 41.8. The van der Waals surface area contributed by atoms with Crippen molar-refractivity contribution in [2.75, 3.05) is 6.54 Å². The van der Waals surface area contributed by atoms with E-state index >= 15 is 0 Å². The van der Waals surface area contributed by atoms with Crippen molar-refractivity contribution in [1.82, 2.24) is 19.9 Å². The SMILES string of the molecule is O=C(NCCn1c(=O)c(=O)[nH]c2cc(F)ccc21)c1cccnc1. The van der Waals surface area contributed by atoms with Gasteiger partial charge in [-0.15, -0.1) is 0 Å². The highest BCUT2D eigenvalue weighted by atomic mass is 19.1. The maximum absolute atomic E-state index is 13.3. The zero-order valence-electron chi connectivity index (χ0n) is 12.5. The summed E-state index contributed by atoms with van der Waals surface area (Å²) < 4.78 is 14.5. The van der Waals surface area contributed by atoms with Crippen molar-refractivity contribution in [3.8, 4) is 0 Å². The van der Waals surface area contributed by atoms with Crippen LogP contribution < -0.4 is 16.4 Å². The molecule has 2 N–H and O–H groups in total. The van der Waals surface area contributed by atoms with Gasteiger partial charge in [-0.3, -0.25) is 19.4 Å². The van der Waals surface area contributed by atoms with Gasteiger partial charge in [0.05, 0.1) is 16.6 Å². The lowest BCUT2D eigenvalue weighted by molar-refractivity contribution is 0.0952. The number of hydrogen-bond acceptors (Lipinski definition) is 4. The molecule has 2 aromatic heterocycles. The lowest BCUT2D eigenvalue weighted by atomic mass is 10.2. The molecule has 24 heavy (non-hydrogen) atoms. The Hall–Kier alpha value is -3.29. The number of nitrogens with one attached hydrogen (secondary N) is 2. The van der Waals surface area contributed by atoms with Crippen LogP contribution in [0.1, 0.15) is 10.4 Å². The third kappa shape index (κ3) is 3.07. The molecule has 0 saturated carbocycles. The Bertz CT molecular complexity index is 1010. The molecular weight excluding hydrogens is 315 g/mol. The third-order valence-corrected chi connectivity index (χ3v) is 3.48. The number of rotatable bonds is 4. The van der Waals surface area contributed by atoms with Crippen molar-refractivity contribution in [2.45, 2.75) is 6.54 Å². The van der Waals surface area contributed by atoms with Gasteiger partial charge in [-0.05, 0) is 30.3 Å². The molecule has 3 aromatic rings. The van der Waals surface area contributed by atoms with Gasteiger partial charge in [-0.25, -0.2) is 4.39 Å². The number of benzene rings is 1. The maximum atomic E-state index is 13.3. The Morgan fingerprint density at radius 3 is 2.88 bits per heavy atom. The summed E-state index contributed by atoms with van der Waals surface area (Å²) in [6.07, 6.45) is 2.98. The van der Waals surface area contributed by atoms with E-state index < -0.39 is 16.9 Å². The average Bonchev–Trinajstić information content (AvgIpc) is 2.59. The molecule has 1 aromatic carbocycles. The lowest BCUT2D eigenvalue weighted by Gasteiger charge is -2.10. The number of nitrogens with zero attached hydrogens (tertiary/aromatic N) is 2. The van der Waals surface area contributed by atoms with Crippen LogP contribution in [0.4, 0.5) is 4.39 Å². The first-order valence-corrected chi connectivity index (χ1v) is 7.17. The van der Waals surface area contributed by atoms with Crippen LogP contribution in [0, 0.1) is 5.82 Å². The van der Waals surface area contributed by atoms with Crippen molar-refractivity contribution in [3.63, 3.8) is 0 Å². The van der Waals surface area contributed by atoms with Gasteiger partial charge in [0, 0.05) is 25.5 Å². The number of halogens is 1. The first kappa shape index (κ1) is 15.6. The first-order chi connectivity index (χ1) is 11.6. The highest BCUT2D eigenvalue weighted by Gasteiger charge is 2.09. The average molecular weight is 328 g/mol. The minimum Gasteiger partial charge on any atom is -0.350 e. The molecule has 0 fully saturated rings. The fourth-order valence-electron chi connectivity index (χ4n) is 2.35. The quantitative estimate of drug-likeness (QED) is 0.687. The van der Waals surface area contributed by atoms with Crippen LogP contribution in [0.5, 0.6) is 0 Å². The summed E-state index contributed by atoms with van der Waals surface area (Å²) in [5.41, 5.74) is -0.603. The van der Waals surface area contributed by atoms with E-state index in [9.17, 15) is 18.8 Å². The monoisotopic (exact) mass is 328 g/mol. The molecule has 0 saturated heterocycles. The lowest BCUT2D eigenvalue weighted by Crippen LogP contribution is -2.39. The molecule has 0 spiro atoms. The molecule has 7 nitrogen and oxygen atoms in total. The van der Waals surface area contributed by atoms with Crippen molar-refractivity contribution < 1.29 is 9.18 Å². The molecule has 122 valence electrons. The molecule has 0 aliphatic heterocycles. The first-order valence-electron chi connectivity index (χ1n) is 7.17. The zero-order chi connectivity index (χ0) is 17.1. The van der Waals surface area contributed by atoms with E-state index in [1.807, 2.05) is 0 Å². The number of hydrogen-bond donors (Lipinski definition) is 2. The molecule has 0 radical (unpaired) electrons. The number of carbonyl (C=O) groups excluding carboxylic acids is 1. The Balaban J connectivity index is 1.83. The molecular formula is C16H13FN4O3. The second-order valence-electron chi connectivity index (χ2n) is 5.07. The summed E-state index contributed by atoms with van der Waals surface area (Å²) in [5.74, 6) is -0.857. The summed E-state index contributed by atoms with van der Waals surface area (Å²) in [7, 11) is 0. The van der Waals surface area contributed by atoms with E-state index in [-0.39, 0.29) is 24.5 Å². The number of pyridine rings is 1. The van der Waals surface area contributed by atoms with E-state index in [2.05, 4.69) is 15.3 Å². The number of fused-ring (bicyclic) bond motifs is 1. The highest BCUT2D eigenvalue weighted by Crippen LogP contribution is 2.10. The minimum absolute atomic E-state index is 0.0802. The highest BCUT2D eigenvalue weighted by molar-refractivity contribution is 5.93. The van der Waals surface area contributed by atoms with Crippen molar-refractivity contribution in [3.05, 3.63) is 74.8 Å². The second-order valence-corrected chi connectivity index (χ2v) is 5.07. The van der Waals surface area contributed by atoms with Crippen LogP contribution in [0.25, 0.3) is 11.0 Å². The standard InChI is InChI=1S/C16H13FN4O3/c17-11-3-4-13-12(8-11)20-15(23)16(24)21(13)7-6-19-14(22)10-2-1-5-18-9-10/h1-5,8-9H,6-7H2,(H,19,22)(H,20,23). The number of H-pyrrole nitrogens is 1. The van der Waals surface area contributed by atoms with E-state index in [1.54, 1.807) is 18.3 Å². The van der Waals surface area contributed by atoms with Gasteiger partial charge in [0.15, 0.2) is 0 Å². The van der Waals surface area contributed by atoms with Crippen LogP contribution in [0.2, 0.25) is 0 Å². The molecule has 0 atom stereocenters. The predicted octanol–water partition coefficient (Wildman–Crippen LogP) is 0.654. The van der Waals surface area contributed by atoms with E-state index in [1.165, 1.54) is 22.9 Å². The molecule has 2 heterocycles. The summed E-state index contributed by atoms with van der Waals surface area (Å²) in [5, 5.41) is 2.65.